The minimum atomic E-state index is 0.172. The summed E-state index contributed by atoms with van der Waals surface area (Å²) >= 11 is 0. The van der Waals surface area contributed by atoms with Crippen LogP contribution in [0.25, 0.3) is 0 Å². The van der Waals surface area contributed by atoms with E-state index >= 15 is 0 Å². The van der Waals surface area contributed by atoms with Gasteiger partial charge in [-0.2, -0.15) is 0 Å². The van der Waals surface area contributed by atoms with Crippen molar-refractivity contribution in [3.8, 4) is 0 Å². The molecule has 0 bridgehead atoms. The summed E-state index contributed by atoms with van der Waals surface area (Å²) in [6.07, 6.45) is 0. The number of hydrogen-bond acceptors (Lipinski definition) is 1. The Labute approximate surface area is 74.6 Å². The zero-order valence-corrected chi connectivity index (χ0v) is 8.04. The van der Waals surface area contributed by atoms with Gasteiger partial charge < -0.3 is 5.73 Å². The molecule has 12 heavy (non-hydrogen) atoms. The Morgan fingerprint density at radius 1 is 1.17 bits per heavy atom. The fraction of sp³-hybridized carbons (Fsp3) is 0.455. The van der Waals surface area contributed by atoms with Gasteiger partial charge >= 0.3 is 0 Å². The summed E-state index contributed by atoms with van der Waals surface area (Å²) in [5, 5.41) is 0. The molecule has 1 heteroatoms. The zero-order valence-electron chi connectivity index (χ0n) is 8.04. The van der Waals surface area contributed by atoms with Gasteiger partial charge in [-0.25, -0.2) is 0 Å². The maximum Gasteiger partial charge on any atom is 0.0320 e. The minimum absolute atomic E-state index is 0.172. The van der Waals surface area contributed by atoms with E-state index < -0.39 is 0 Å². The molecule has 0 saturated heterocycles. The fourth-order valence-electron chi connectivity index (χ4n) is 1.32. The van der Waals surface area contributed by atoms with E-state index in [9.17, 15) is 0 Å². The molecule has 0 amide bonds. The summed E-state index contributed by atoms with van der Waals surface area (Å²) in [4.78, 5) is 0. The summed E-state index contributed by atoms with van der Waals surface area (Å²) in [7, 11) is 0. The van der Waals surface area contributed by atoms with Crippen LogP contribution in [0.2, 0.25) is 0 Å². The van der Waals surface area contributed by atoms with Crippen molar-refractivity contribution in [3.05, 3.63) is 35.4 Å². The Hall–Kier alpha value is -0.820. The smallest absolute Gasteiger partial charge is 0.0320 e. The molecule has 66 valence electrons. The van der Waals surface area contributed by atoms with Crippen LogP contribution in [0.15, 0.2) is 24.3 Å². The molecule has 0 unspecified atom stereocenters. The molecule has 0 spiro atoms. The molecule has 1 nitrogen and oxygen atoms in total. The molecule has 0 heterocycles. The predicted octanol–water partition coefficient (Wildman–Crippen LogP) is 2.65. The number of nitrogens with two attached hydrogens (primary N) is 1. The Morgan fingerprint density at radius 2 is 1.75 bits per heavy atom. The molecule has 1 aromatic rings. The molecule has 0 aliphatic carbocycles. The second kappa shape index (κ2) is 3.72. The summed E-state index contributed by atoms with van der Waals surface area (Å²) in [5.41, 5.74) is 8.60. The van der Waals surface area contributed by atoms with Crippen molar-refractivity contribution in [2.75, 3.05) is 0 Å². The Balaban J connectivity index is 2.94. The zero-order chi connectivity index (χ0) is 9.14. The second-order valence-electron chi connectivity index (χ2n) is 3.63. The van der Waals surface area contributed by atoms with E-state index in [4.69, 9.17) is 5.73 Å². The maximum atomic E-state index is 6.04. The van der Waals surface area contributed by atoms with Crippen LogP contribution in [0.1, 0.15) is 31.0 Å². The average Bonchev–Trinajstić information content (AvgIpc) is 2.04. The van der Waals surface area contributed by atoms with E-state index in [1.54, 1.807) is 0 Å². The van der Waals surface area contributed by atoms with Crippen LogP contribution in [0, 0.1) is 12.8 Å². The van der Waals surface area contributed by atoms with Crippen LogP contribution < -0.4 is 5.73 Å². The van der Waals surface area contributed by atoms with Crippen LogP contribution in [0.3, 0.4) is 0 Å². The summed E-state index contributed by atoms with van der Waals surface area (Å²) in [6, 6.07) is 8.49. The first-order valence-electron chi connectivity index (χ1n) is 4.44. The monoisotopic (exact) mass is 163 g/mol. The molecule has 1 atom stereocenters. The van der Waals surface area contributed by atoms with Gasteiger partial charge in [-0.1, -0.05) is 38.1 Å². The number of benzene rings is 1. The highest BCUT2D eigenvalue weighted by Crippen LogP contribution is 2.21. The molecule has 0 aliphatic heterocycles. The standard InChI is InChI=1S/C11H17N/c1-8(2)11(12)10-7-5-4-6-9(10)3/h4-8,11H,12H2,1-3H3/t11-/m0/s1. The van der Waals surface area contributed by atoms with Gasteiger partial charge in [-0.05, 0) is 24.0 Å². The highest BCUT2D eigenvalue weighted by Gasteiger charge is 2.11. The SMILES string of the molecule is Cc1ccccc1[C@@H](N)C(C)C. The first kappa shape index (κ1) is 9.27. The Morgan fingerprint density at radius 3 is 2.25 bits per heavy atom. The lowest BCUT2D eigenvalue weighted by atomic mass is 9.94. The third kappa shape index (κ3) is 1.86. The molecule has 0 saturated carbocycles. The van der Waals surface area contributed by atoms with E-state index in [1.807, 2.05) is 12.1 Å². The van der Waals surface area contributed by atoms with Crippen molar-refractivity contribution >= 4 is 0 Å². The first-order chi connectivity index (χ1) is 5.63. The van der Waals surface area contributed by atoms with Crippen LogP contribution in [-0.4, -0.2) is 0 Å². The van der Waals surface area contributed by atoms with Crippen molar-refractivity contribution < 1.29 is 0 Å². The van der Waals surface area contributed by atoms with E-state index in [-0.39, 0.29) is 6.04 Å². The van der Waals surface area contributed by atoms with Crippen molar-refractivity contribution in [1.82, 2.24) is 0 Å². The molecular weight excluding hydrogens is 146 g/mol. The van der Waals surface area contributed by atoms with Gasteiger partial charge in [-0.3, -0.25) is 0 Å². The molecular formula is C11H17N. The van der Waals surface area contributed by atoms with Crippen LogP contribution in [0.4, 0.5) is 0 Å². The molecule has 2 N–H and O–H groups in total. The number of hydrogen-bond donors (Lipinski definition) is 1. The quantitative estimate of drug-likeness (QED) is 0.712. The lowest BCUT2D eigenvalue weighted by Crippen LogP contribution is -2.17. The molecule has 0 radical (unpaired) electrons. The molecule has 1 aromatic carbocycles. The molecule has 0 aromatic heterocycles. The van der Waals surface area contributed by atoms with Gasteiger partial charge in [0.25, 0.3) is 0 Å². The topological polar surface area (TPSA) is 26.0 Å². The fourth-order valence-corrected chi connectivity index (χ4v) is 1.32. The lowest BCUT2D eigenvalue weighted by Gasteiger charge is -2.17. The third-order valence-corrected chi connectivity index (χ3v) is 2.27. The van der Waals surface area contributed by atoms with Crippen molar-refractivity contribution in [3.63, 3.8) is 0 Å². The largest absolute Gasteiger partial charge is 0.324 e. The normalized spacial score (nSPS) is 13.4. The van der Waals surface area contributed by atoms with Crippen molar-refractivity contribution in [2.24, 2.45) is 11.7 Å². The van der Waals surface area contributed by atoms with Gasteiger partial charge in [-0.15, -0.1) is 0 Å². The van der Waals surface area contributed by atoms with Gasteiger partial charge in [0.2, 0.25) is 0 Å². The number of rotatable bonds is 2. The minimum Gasteiger partial charge on any atom is -0.324 e. The number of aryl methyl sites for hydroxylation is 1. The highest BCUT2D eigenvalue weighted by molar-refractivity contribution is 5.28. The lowest BCUT2D eigenvalue weighted by molar-refractivity contribution is 0.512. The maximum absolute atomic E-state index is 6.04. The summed E-state index contributed by atoms with van der Waals surface area (Å²) < 4.78 is 0. The Kier molecular flexibility index (Phi) is 2.88. The van der Waals surface area contributed by atoms with Crippen molar-refractivity contribution in [1.29, 1.82) is 0 Å². The van der Waals surface area contributed by atoms with Crippen molar-refractivity contribution in [2.45, 2.75) is 26.8 Å². The highest BCUT2D eigenvalue weighted by atomic mass is 14.6. The molecule has 1 rings (SSSR count). The van der Waals surface area contributed by atoms with E-state index in [0.29, 0.717) is 5.92 Å². The van der Waals surface area contributed by atoms with E-state index in [1.165, 1.54) is 11.1 Å². The van der Waals surface area contributed by atoms with Crippen LogP contribution >= 0.6 is 0 Å². The van der Waals surface area contributed by atoms with Gasteiger partial charge in [0.1, 0.15) is 0 Å². The van der Waals surface area contributed by atoms with Crippen LogP contribution in [-0.2, 0) is 0 Å². The third-order valence-electron chi connectivity index (χ3n) is 2.27. The summed E-state index contributed by atoms with van der Waals surface area (Å²) in [5.74, 6) is 0.506. The molecule has 0 fully saturated rings. The molecule has 0 aliphatic rings. The Bertz CT molecular complexity index is 253. The average molecular weight is 163 g/mol. The van der Waals surface area contributed by atoms with E-state index in [0.717, 1.165) is 0 Å². The van der Waals surface area contributed by atoms with E-state index in [2.05, 4.69) is 32.9 Å². The first-order valence-corrected chi connectivity index (χ1v) is 4.44. The predicted molar refractivity (Wildman–Crippen MR) is 52.9 cm³/mol. The second-order valence-corrected chi connectivity index (χ2v) is 3.63. The van der Waals surface area contributed by atoms with Crippen LogP contribution in [0.5, 0.6) is 0 Å². The van der Waals surface area contributed by atoms with Gasteiger partial charge in [0.05, 0.1) is 0 Å². The van der Waals surface area contributed by atoms with Gasteiger partial charge in [0, 0.05) is 6.04 Å². The summed E-state index contributed by atoms with van der Waals surface area (Å²) in [6.45, 7) is 6.41. The van der Waals surface area contributed by atoms with Gasteiger partial charge in [0.15, 0.2) is 0 Å².